The van der Waals surface area contributed by atoms with Crippen molar-refractivity contribution in [3.05, 3.63) is 54.5 Å². The molecule has 9 nitrogen and oxygen atoms in total. The Morgan fingerprint density at radius 1 is 0.897 bits per heavy atom. The predicted octanol–water partition coefficient (Wildman–Crippen LogP) is 4.64. The molecule has 1 atom stereocenters. The van der Waals surface area contributed by atoms with E-state index in [0.29, 0.717) is 19.6 Å². The second-order valence-electron chi connectivity index (χ2n) is 10.9. The summed E-state index contributed by atoms with van der Waals surface area (Å²) in [4.78, 5) is 39.8. The minimum absolute atomic E-state index is 0.00569. The van der Waals surface area contributed by atoms with Crippen LogP contribution in [0.4, 0.5) is 16.2 Å². The van der Waals surface area contributed by atoms with Crippen molar-refractivity contribution < 1.29 is 14.3 Å². The van der Waals surface area contributed by atoms with Gasteiger partial charge in [0.1, 0.15) is 18.2 Å². The van der Waals surface area contributed by atoms with Gasteiger partial charge in [0.25, 0.3) is 0 Å². The molecule has 3 amide bonds. The molecule has 3 aliphatic rings. The number of carbonyl (C=O) groups is 2. The number of nitrogens with one attached hydrogen (secondary N) is 1. The maximum absolute atomic E-state index is 12.9. The lowest BCUT2D eigenvalue weighted by atomic mass is 9.91. The molecule has 1 aromatic heterocycles. The van der Waals surface area contributed by atoms with Gasteiger partial charge in [-0.2, -0.15) is 0 Å². The highest BCUT2D eigenvalue weighted by molar-refractivity contribution is 5.89. The summed E-state index contributed by atoms with van der Waals surface area (Å²) < 4.78 is 6.16. The van der Waals surface area contributed by atoms with Gasteiger partial charge >= 0.3 is 6.03 Å². The molecule has 3 aliphatic heterocycles. The number of piperidine rings is 1. The molecule has 0 aliphatic carbocycles. The Labute approximate surface area is 229 Å². The summed E-state index contributed by atoms with van der Waals surface area (Å²) >= 11 is 0. The van der Waals surface area contributed by atoms with Crippen molar-refractivity contribution in [1.82, 2.24) is 19.8 Å². The van der Waals surface area contributed by atoms with E-state index in [0.717, 1.165) is 66.9 Å². The summed E-state index contributed by atoms with van der Waals surface area (Å²) in [5.41, 5.74) is 3.95. The monoisotopic (exact) mass is 528 g/mol. The van der Waals surface area contributed by atoms with Crippen molar-refractivity contribution in [3.8, 4) is 5.75 Å². The number of ether oxygens (including phenoxy) is 1. The first-order valence-electron chi connectivity index (χ1n) is 14.1. The number of benzene rings is 2. The third-order valence-corrected chi connectivity index (χ3v) is 8.29. The number of fused-ring (bicyclic) bond motifs is 1. The first-order valence-corrected chi connectivity index (χ1v) is 14.1. The van der Waals surface area contributed by atoms with E-state index in [9.17, 15) is 9.59 Å². The van der Waals surface area contributed by atoms with E-state index in [1.807, 2.05) is 40.1 Å². The van der Waals surface area contributed by atoms with Crippen LogP contribution in [0, 0.1) is 0 Å². The van der Waals surface area contributed by atoms with Crippen molar-refractivity contribution in [1.29, 1.82) is 0 Å². The first kappa shape index (κ1) is 25.4. The SMILES string of the molecule is CC(=O)N1CC[C@@H](Oc2ccc3c(C4CCN(C(=O)Nc5ccc(N6CCCC6)cc5)CC4)ncnc3c2)C1. The van der Waals surface area contributed by atoms with Crippen molar-refractivity contribution in [2.75, 3.05) is 49.5 Å². The predicted molar refractivity (Wildman–Crippen MR) is 151 cm³/mol. The molecule has 0 bridgehead atoms. The number of aromatic nitrogens is 2. The second-order valence-corrected chi connectivity index (χ2v) is 10.9. The van der Waals surface area contributed by atoms with E-state index in [1.54, 1.807) is 13.3 Å². The van der Waals surface area contributed by atoms with Gasteiger partial charge in [-0.1, -0.05) is 0 Å². The number of hydrogen-bond donors (Lipinski definition) is 1. The molecule has 3 aromatic rings. The summed E-state index contributed by atoms with van der Waals surface area (Å²) in [5, 5.41) is 4.10. The minimum atomic E-state index is -0.0491. The Morgan fingerprint density at radius 3 is 2.36 bits per heavy atom. The van der Waals surface area contributed by atoms with Crippen LogP contribution in [0.1, 0.15) is 50.6 Å². The molecule has 4 heterocycles. The number of hydrogen-bond acceptors (Lipinski definition) is 6. The Hall–Kier alpha value is -3.88. The van der Waals surface area contributed by atoms with Crippen molar-refractivity contribution in [3.63, 3.8) is 0 Å². The van der Waals surface area contributed by atoms with Crippen LogP contribution in [0.2, 0.25) is 0 Å². The molecule has 2 aromatic carbocycles. The molecule has 0 radical (unpaired) electrons. The lowest BCUT2D eigenvalue weighted by molar-refractivity contribution is -0.128. The van der Waals surface area contributed by atoms with E-state index in [4.69, 9.17) is 4.74 Å². The fraction of sp³-hybridized carbons (Fsp3) is 0.467. The van der Waals surface area contributed by atoms with Gasteiger partial charge in [-0.3, -0.25) is 4.79 Å². The number of urea groups is 1. The van der Waals surface area contributed by atoms with Crippen LogP contribution in [0.3, 0.4) is 0 Å². The normalized spacial score (nSPS) is 20.0. The zero-order valence-electron chi connectivity index (χ0n) is 22.5. The number of nitrogens with zero attached hydrogens (tertiary/aromatic N) is 5. The maximum atomic E-state index is 12.9. The number of rotatable bonds is 5. The van der Waals surface area contributed by atoms with Gasteiger partial charge < -0.3 is 24.8 Å². The number of carbonyl (C=O) groups excluding carboxylic acids is 2. The summed E-state index contributed by atoms with van der Waals surface area (Å²) in [6.45, 7) is 6.55. The molecule has 6 rings (SSSR count). The highest BCUT2D eigenvalue weighted by atomic mass is 16.5. The second kappa shape index (κ2) is 11.1. The first-order chi connectivity index (χ1) is 19.0. The Bertz CT molecular complexity index is 1330. The zero-order valence-corrected chi connectivity index (χ0v) is 22.5. The molecule has 0 spiro atoms. The van der Waals surface area contributed by atoms with Crippen molar-refractivity contribution >= 4 is 34.2 Å². The molecule has 3 saturated heterocycles. The largest absolute Gasteiger partial charge is 0.488 e. The Balaban J connectivity index is 1.05. The zero-order chi connectivity index (χ0) is 26.8. The fourth-order valence-corrected chi connectivity index (χ4v) is 6.05. The minimum Gasteiger partial charge on any atom is -0.488 e. The van der Waals surface area contributed by atoms with Crippen molar-refractivity contribution in [2.45, 2.75) is 51.0 Å². The quantitative estimate of drug-likeness (QED) is 0.519. The summed E-state index contributed by atoms with van der Waals surface area (Å²) in [6.07, 6.45) is 6.67. The van der Waals surface area contributed by atoms with E-state index >= 15 is 0 Å². The third kappa shape index (κ3) is 5.62. The van der Waals surface area contributed by atoms with Gasteiger partial charge in [0.15, 0.2) is 0 Å². The van der Waals surface area contributed by atoms with Crippen LogP contribution in [-0.4, -0.2) is 77.1 Å². The van der Waals surface area contributed by atoms with Crippen LogP contribution in [0.25, 0.3) is 10.9 Å². The molecular weight excluding hydrogens is 492 g/mol. The van der Waals surface area contributed by atoms with E-state index in [1.165, 1.54) is 18.5 Å². The highest BCUT2D eigenvalue weighted by Crippen LogP contribution is 2.33. The fourth-order valence-electron chi connectivity index (χ4n) is 6.05. The van der Waals surface area contributed by atoms with Crippen LogP contribution in [0.5, 0.6) is 5.75 Å². The summed E-state index contributed by atoms with van der Waals surface area (Å²) in [6, 6.07) is 14.1. The van der Waals surface area contributed by atoms with Gasteiger partial charge in [0, 0.05) is 74.8 Å². The van der Waals surface area contributed by atoms with Gasteiger partial charge in [-0.05, 0) is 62.1 Å². The molecule has 3 fully saturated rings. The lowest BCUT2D eigenvalue weighted by Gasteiger charge is -2.32. The number of amides is 3. The molecular formula is C30H36N6O3. The van der Waals surface area contributed by atoms with Crippen LogP contribution < -0.4 is 15.0 Å². The molecule has 0 unspecified atom stereocenters. The average molecular weight is 529 g/mol. The van der Waals surface area contributed by atoms with Gasteiger partial charge in [0.2, 0.25) is 5.91 Å². The summed E-state index contributed by atoms with van der Waals surface area (Å²) in [5.74, 6) is 1.12. The van der Waals surface area contributed by atoms with Gasteiger partial charge in [0.05, 0.1) is 17.8 Å². The van der Waals surface area contributed by atoms with E-state index < -0.39 is 0 Å². The van der Waals surface area contributed by atoms with Gasteiger partial charge in [-0.25, -0.2) is 14.8 Å². The molecule has 9 heteroatoms. The van der Waals surface area contributed by atoms with E-state index in [2.05, 4.69) is 32.3 Å². The summed E-state index contributed by atoms with van der Waals surface area (Å²) in [7, 11) is 0. The average Bonchev–Trinajstić information content (AvgIpc) is 3.66. The Kier molecular flexibility index (Phi) is 7.22. The molecule has 204 valence electrons. The molecule has 0 saturated carbocycles. The van der Waals surface area contributed by atoms with Gasteiger partial charge in [-0.15, -0.1) is 0 Å². The lowest BCUT2D eigenvalue weighted by Crippen LogP contribution is -2.40. The smallest absolute Gasteiger partial charge is 0.321 e. The maximum Gasteiger partial charge on any atom is 0.321 e. The standard InChI is InChI=1S/C30H36N6O3/c1-21(37)36-17-12-26(19-36)39-25-8-9-27-28(18-25)31-20-32-29(27)22-10-15-35(16-11-22)30(38)33-23-4-6-24(7-5-23)34-13-2-3-14-34/h4-9,18,20,22,26H,2-3,10-17,19H2,1H3,(H,33,38)/t26-/m1/s1. The van der Waals surface area contributed by atoms with Crippen LogP contribution in [-0.2, 0) is 4.79 Å². The van der Waals surface area contributed by atoms with Crippen LogP contribution >= 0.6 is 0 Å². The number of anilines is 2. The number of likely N-dealkylation sites (tertiary alicyclic amines) is 2. The van der Waals surface area contributed by atoms with Crippen LogP contribution in [0.15, 0.2) is 48.8 Å². The van der Waals surface area contributed by atoms with E-state index in [-0.39, 0.29) is 24.0 Å². The third-order valence-electron chi connectivity index (χ3n) is 8.29. The highest BCUT2D eigenvalue weighted by Gasteiger charge is 2.28. The Morgan fingerprint density at radius 2 is 1.64 bits per heavy atom. The molecule has 1 N–H and O–H groups in total. The topological polar surface area (TPSA) is 90.9 Å². The molecule has 39 heavy (non-hydrogen) atoms. The van der Waals surface area contributed by atoms with Crippen molar-refractivity contribution in [2.24, 2.45) is 0 Å².